The molecule has 0 radical (unpaired) electrons. The van der Waals surface area contributed by atoms with Crippen molar-refractivity contribution >= 4 is 24.0 Å². The quantitative estimate of drug-likeness (QED) is 0.667. The fraction of sp³-hybridized carbons (Fsp3) is 0.375. The number of rotatable bonds is 1. The number of thiol groups is 1. The van der Waals surface area contributed by atoms with Gasteiger partial charge in [-0.3, -0.25) is 4.79 Å². The Bertz CT molecular complexity index is 301. The first-order valence-electron chi connectivity index (χ1n) is 3.43. The summed E-state index contributed by atoms with van der Waals surface area (Å²) in [5.74, 6) is 0.416. The Hall–Kier alpha value is -0.280. The molecule has 0 atom stereocenters. The molecule has 11 heavy (non-hydrogen) atoms. The Kier molecular flexibility index (Phi) is 2.73. The van der Waals surface area contributed by atoms with Gasteiger partial charge in [0.05, 0.1) is 4.21 Å². The zero-order chi connectivity index (χ0) is 8.43. The number of hydrogen-bond acceptors (Lipinski definition) is 3. The monoisotopic (exact) mass is 186 g/mol. The third-order valence-corrected chi connectivity index (χ3v) is 2.90. The summed E-state index contributed by atoms with van der Waals surface area (Å²) >= 11 is 5.70. The molecule has 1 heterocycles. The first-order chi connectivity index (χ1) is 5.09. The number of hydrogen-bond donors (Lipinski definition) is 1. The van der Waals surface area contributed by atoms with Crippen LogP contribution in [0.15, 0.2) is 21.1 Å². The van der Waals surface area contributed by atoms with E-state index in [0.29, 0.717) is 5.92 Å². The smallest absolute Gasteiger partial charge is 0.181 e. The third-order valence-electron chi connectivity index (χ3n) is 1.34. The third kappa shape index (κ3) is 2.34. The second kappa shape index (κ2) is 3.41. The molecule has 0 amide bonds. The van der Waals surface area contributed by atoms with Gasteiger partial charge in [0.25, 0.3) is 0 Å². The van der Waals surface area contributed by atoms with Crippen molar-refractivity contribution < 1.29 is 0 Å². The zero-order valence-corrected chi connectivity index (χ0v) is 8.21. The highest BCUT2D eigenvalue weighted by molar-refractivity contribution is 7.82. The molecule has 0 unspecified atom stereocenters. The molecule has 0 N–H and O–H groups in total. The summed E-state index contributed by atoms with van der Waals surface area (Å²) < 4.78 is 0.793. The second-order valence-electron chi connectivity index (χ2n) is 2.69. The van der Waals surface area contributed by atoms with Gasteiger partial charge in [0.15, 0.2) is 5.43 Å². The van der Waals surface area contributed by atoms with Crippen molar-refractivity contribution in [1.82, 2.24) is 0 Å². The van der Waals surface area contributed by atoms with Crippen LogP contribution in [-0.4, -0.2) is 0 Å². The van der Waals surface area contributed by atoms with Gasteiger partial charge in [-0.25, -0.2) is 0 Å². The molecular weight excluding hydrogens is 176 g/mol. The molecule has 0 spiro atoms. The maximum Gasteiger partial charge on any atom is 0.181 e. The molecule has 3 heteroatoms. The van der Waals surface area contributed by atoms with E-state index in [9.17, 15) is 4.79 Å². The van der Waals surface area contributed by atoms with Gasteiger partial charge < -0.3 is 0 Å². The lowest BCUT2D eigenvalue weighted by molar-refractivity contribution is 0.886. The molecule has 1 rings (SSSR count). The molecule has 1 aromatic rings. The van der Waals surface area contributed by atoms with Crippen LogP contribution in [-0.2, 0) is 0 Å². The molecule has 0 fully saturated rings. The van der Waals surface area contributed by atoms with Crippen LogP contribution in [0.3, 0.4) is 0 Å². The van der Waals surface area contributed by atoms with Crippen LogP contribution in [0.2, 0.25) is 0 Å². The standard InChI is InChI=1S/C8H10OS2/c1-5(2)7-3-6(9)4-8(10)11-7/h3-5,10H,1-2H3. The maximum absolute atomic E-state index is 11.0. The van der Waals surface area contributed by atoms with Gasteiger partial charge in [0, 0.05) is 10.9 Å². The van der Waals surface area contributed by atoms with E-state index in [1.54, 1.807) is 23.5 Å². The van der Waals surface area contributed by atoms with E-state index in [-0.39, 0.29) is 5.43 Å². The van der Waals surface area contributed by atoms with Crippen LogP contribution in [0.1, 0.15) is 24.6 Å². The largest absolute Gasteiger partial charge is 0.290 e. The lowest BCUT2D eigenvalue weighted by Gasteiger charge is -2.02. The van der Waals surface area contributed by atoms with Gasteiger partial charge in [0.2, 0.25) is 0 Å². The van der Waals surface area contributed by atoms with Crippen molar-refractivity contribution in [2.45, 2.75) is 24.0 Å². The zero-order valence-electron chi connectivity index (χ0n) is 6.50. The van der Waals surface area contributed by atoms with Gasteiger partial charge >= 0.3 is 0 Å². The van der Waals surface area contributed by atoms with Crippen LogP contribution in [0, 0.1) is 0 Å². The highest BCUT2D eigenvalue weighted by Gasteiger charge is 2.01. The lowest BCUT2D eigenvalue weighted by atomic mass is 10.2. The van der Waals surface area contributed by atoms with Crippen LogP contribution in [0.4, 0.5) is 0 Å². The van der Waals surface area contributed by atoms with Crippen molar-refractivity contribution in [1.29, 1.82) is 0 Å². The minimum atomic E-state index is 0.0532. The molecule has 0 saturated carbocycles. The Labute approximate surface area is 75.5 Å². The first-order valence-corrected chi connectivity index (χ1v) is 4.70. The fourth-order valence-electron chi connectivity index (χ4n) is 0.768. The van der Waals surface area contributed by atoms with E-state index < -0.39 is 0 Å². The van der Waals surface area contributed by atoms with Crippen molar-refractivity contribution in [2.24, 2.45) is 0 Å². The van der Waals surface area contributed by atoms with E-state index in [1.807, 2.05) is 0 Å². The molecule has 60 valence electrons. The predicted octanol–water partition coefficient (Wildman–Crippen LogP) is 2.52. The summed E-state index contributed by atoms with van der Waals surface area (Å²) in [5.41, 5.74) is 0.0532. The van der Waals surface area contributed by atoms with Crippen LogP contribution in [0.25, 0.3) is 0 Å². The van der Waals surface area contributed by atoms with Crippen LogP contribution >= 0.6 is 24.0 Å². The molecule has 0 aromatic carbocycles. The van der Waals surface area contributed by atoms with E-state index in [4.69, 9.17) is 0 Å². The van der Waals surface area contributed by atoms with Crippen molar-refractivity contribution in [3.63, 3.8) is 0 Å². The molecular formula is C8H10OS2. The Morgan fingerprint density at radius 3 is 2.55 bits per heavy atom. The Morgan fingerprint density at radius 1 is 1.45 bits per heavy atom. The van der Waals surface area contributed by atoms with Gasteiger partial charge in [-0.15, -0.1) is 24.0 Å². The summed E-state index contributed by atoms with van der Waals surface area (Å²) in [4.78, 5) is 12.1. The highest BCUT2D eigenvalue weighted by Crippen LogP contribution is 2.21. The minimum Gasteiger partial charge on any atom is -0.290 e. The SMILES string of the molecule is CC(C)c1cc(=O)cc(S)s1. The van der Waals surface area contributed by atoms with E-state index >= 15 is 0 Å². The molecule has 0 aliphatic heterocycles. The minimum absolute atomic E-state index is 0.0532. The van der Waals surface area contributed by atoms with Crippen LogP contribution in [0.5, 0.6) is 0 Å². The van der Waals surface area contributed by atoms with Gasteiger partial charge in [0.1, 0.15) is 0 Å². The summed E-state index contributed by atoms with van der Waals surface area (Å²) in [6.07, 6.45) is 0. The molecule has 1 nitrogen and oxygen atoms in total. The summed E-state index contributed by atoms with van der Waals surface area (Å²) in [6.45, 7) is 4.14. The second-order valence-corrected chi connectivity index (χ2v) is 4.59. The van der Waals surface area contributed by atoms with Crippen molar-refractivity contribution in [3.05, 3.63) is 27.2 Å². The van der Waals surface area contributed by atoms with Crippen LogP contribution < -0.4 is 5.43 Å². The predicted molar refractivity (Wildman–Crippen MR) is 51.9 cm³/mol. The molecule has 1 aromatic heterocycles. The van der Waals surface area contributed by atoms with Crippen molar-refractivity contribution in [2.75, 3.05) is 0 Å². The van der Waals surface area contributed by atoms with E-state index in [2.05, 4.69) is 26.5 Å². The molecule has 0 aliphatic rings. The Morgan fingerprint density at radius 2 is 2.09 bits per heavy atom. The van der Waals surface area contributed by atoms with Gasteiger partial charge in [-0.05, 0) is 12.0 Å². The molecule has 0 bridgehead atoms. The van der Waals surface area contributed by atoms with E-state index in [0.717, 1.165) is 9.09 Å². The summed E-state index contributed by atoms with van der Waals surface area (Å²) in [5, 5.41) is 0. The van der Waals surface area contributed by atoms with E-state index in [1.165, 1.54) is 0 Å². The summed E-state index contributed by atoms with van der Waals surface area (Å²) in [6, 6.07) is 3.22. The first kappa shape index (κ1) is 8.81. The summed E-state index contributed by atoms with van der Waals surface area (Å²) in [7, 11) is 0. The Balaban J connectivity index is 3.19. The highest BCUT2D eigenvalue weighted by atomic mass is 32.2. The molecule has 0 saturated heterocycles. The fourth-order valence-corrected chi connectivity index (χ4v) is 2.04. The van der Waals surface area contributed by atoms with Gasteiger partial charge in [-0.2, -0.15) is 0 Å². The van der Waals surface area contributed by atoms with Crippen molar-refractivity contribution in [3.8, 4) is 0 Å². The normalized spacial score (nSPS) is 10.5. The average molecular weight is 186 g/mol. The lowest BCUT2D eigenvalue weighted by Crippen LogP contribution is -1.98. The maximum atomic E-state index is 11.0. The topological polar surface area (TPSA) is 17.1 Å². The average Bonchev–Trinajstić information content (AvgIpc) is 1.85. The molecule has 0 aliphatic carbocycles. The van der Waals surface area contributed by atoms with Gasteiger partial charge in [-0.1, -0.05) is 13.8 Å².